The van der Waals surface area contributed by atoms with Gasteiger partial charge in [-0.15, -0.1) is 0 Å². The Hall–Kier alpha value is -1.51. The van der Waals surface area contributed by atoms with Crippen molar-refractivity contribution in [3.8, 4) is 0 Å². The number of hydrogen-bond acceptors (Lipinski definition) is 2. The van der Waals surface area contributed by atoms with Crippen LogP contribution in [0, 0.1) is 6.92 Å². The van der Waals surface area contributed by atoms with Gasteiger partial charge in [0.1, 0.15) is 0 Å². The summed E-state index contributed by atoms with van der Waals surface area (Å²) in [7, 11) is 0. The number of rotatable bonds is 7. The van der Waals surface area contributed by atoms with Gasteiger partial charge in [0.05, 0.1) is 0 Å². The second-order valence-corrected chi connectivity index (χ2v) is 4.73. The quantitative estimate of drug-likeness (QED) is 0.754. The van der Waals surface area contributed by atoms with E-state index in [1.807, 2.05) is 18.7 Å². The minimum Gasteiger partial charge on any atom is -0.371 e. The van der Waals surface area contributed by atoms with E-state index >= 15 is 0 Å². The normalized spacial score (nSPS) is 10.3. The summed E-state index contributed by atoms with van der Waals surface area (Å²) >= 11 is 0. The van der Waals surface area contributed by atoms with Gasteiger partial charge in [-0.05, 0) is 45.4 Å². The van der Waals surface area contributed by atoms with Crippen LogP contribution in [0.2, 0.25) is 0 Å². The zero-order valence-corrected chi connectivity index (χ0v) is 12.6. The summed E-state index contributed by atoms with van der Waals surface area (Å²) in [5, 5.41) is 0. The van der Waals surface area contributed by atoms with Crippen LogP contribution < -0.4 is 4.90 Å². The lowest BCUT2D eigenvalue weighted by molar-refractivity contribution is -0.130. The summed E-state index contributed by atoms with van der Waals surface area (Å²) in [6.07, 6.45) is 0.587. The Morgan fingerprint density at radius 2 is 1.79 bits per heavy atom. The van der Waals surface area contributed by atoms with Crippen molar-refractivity contribution >= 4 is 11.6 Å². The number of carbonyl (C=O) groups is 1. The molecule has 3 nitrogen and oxygen atoms in total. The van der Waals surface area contributed by atoms with E-state index in [0.29, 0.717) is 6.42 Å². The van der Waals surface area contributed by atoms with E-state index in [2.05, 4.69) is 43.0 Å². The second kappa shape index (κ2) is 7.82. The molecule has 0 saturated carbocycles. The molecule has 0 aliphatic heterocycles. The lowest BCUT2D eigenvalue weighted by Crippen LogP contribution is -2.34. The highest BCUT2D eigenvalue weighted by atomic mass is 16.2. The van der Waals surface area contributed by atoms with Crippen LogP contribution >= 0.6 is 0 Å². The summed E-state index contributed by atoms with van der Waals surface area (Å²) in [5.41, 5.74) is 2.46. The van der Waals surface area contributed by atoms with Gasteiger partial charge in [0, 0.05) is 38.3 Å². The molecule has 0 unspecified atom stereocenters. The van der Waals surface area contributed by atoms with Crippen LogP contribution in [0.3, 0.4) is 0 Å². The number of amides is 1. The number of hydrogen-bond donors (Lipinski definition) is 0. The number of anilines is 1. The zero-order valence-electron chi connectivity index (χ0n) is 12.6. The van der Waals surface area contributed by atoms with Gasteiger partial charge in [-0.25, -0.2) is 0 Å². The Bertz CT molecular complexity index is 399. The molecule has 1 amide bonds. The summed E-state index contributed by atoms with van der Waals surface area (Å²) in [6.45, 7) is 11.6. The maximum Gasteiger partial charge on any atom is 0.224 e. The Kier molecular flexibility index (Phi) is 6.40. The number of benzene rings is 1. The van der Waals surface area contributed by atoms with Gasteiger partial charge in [0.15, 0.2) is 0 Å². The highest BCUT2D eigenvalue weighted by molar-refractivity contribution is 5.76. The minimum absolute atomic E-state index is 0.246. The predicted molar refractivity (Wildman–Crippen MR) is 81.6 cm³/mol. The lowest BCUT2D eigenvalue weighted by Gasteiger charge is -2.25. The lowest BCUT2D eigenvalue weighted by atomic mass is 10.2. The standard InChI is InChI=1S/C16H26N2O/c1-5-17(6-2)16(19)11-12-18(7-3)15-10-8-9-14(4)13-15/h8-10,13H,5-7,11-12H2,1-4H3. The monoisotopic (exact) mass is 262 g/mol. The summed E-state index contributed by atoms with van der Waals surface area (Å²) < 4.78 is 0. The molecule has 3 heteroatoms. The van der Waals surface area contributed by atoms with E-state index in [-0.39, 0.29) is 5.91 Å². The molecule has 0 fully saturated rings. The molecule has 1 aromatic rings. The van der Waals surface area contributed by atoms with Crippen LogP contribution in [0.5, 0.6) is 0 Å². The van der Waals surface area contributed by atoms with Crippen LogP contribution in [0.15, 0.2) is 24.3 Å². The third kappa shape index (κ3) is 4.58. The third-order valence-electron chi connectivity index (χ3n) is 3.46. The van der Waals surface area contributed by atoms with Gasteiger partial charge in [-0.3, -0.25) is 4.79 Å². The van der Waals surface area contributed by atoms with Gasteiger partial charge in [-0.1, -0.05) is 12.1 Å². The SMILES string of the molecule is CCN(CC)C(=O)CCN(CC)c1cccc(C)c1. The molecule has 0 N–H and O–H groups in total. The second-order valence-electron chi connectivity index (χ2n) is 4.73. The van der Waals surface area contributed by atoms with Gasteiger partial charge >= 0.3 is 0 Å². The van der Waals surface area contributed by atoms with Gasteiger partial charge < -0.3 is 9.80 Å². The maximum absolute atomic E-state index is 12.0. The van der Waals surface area contributed by atoms with Crippen LogP contribution in [0.1, 0.15) is 32.8 Å². The molecular weight excluding hydrogens is 236 g/mol. The van der Waals surface area contributed by atoms with E-state index in [1.54, 1.807) is 0 Å². The minimum atomic E-state index is 0.246. The molecule has 0 aliphatic rings. The largest absolute Gasteiger partial charge is 0.371 e. The van der Waals surface area contributed by atoms with Crippen molar-refractivity contribution in [3.63, 3.8) is 0 Å². The Morgan fingerprint density at radius 1 is 1.11 bits per heavy atom. The van der Waals surface area contributed by atoms with Gasteiger partial charge in [0.2, 0.25) is 5.91 Å². The maximum atomic E-state index is 12.0. The van der Waals surface area contributed by atoms with Crippen molar-refractivity contribution in [3.05, 3.63) is 29.8 Å². The average Bonchev–Trinajstić information content (AvgIpc) is 2.41. The Labute approximate surface area is 117 Å². The molecule has 19 heavy (non-hydrogen) atoms. The fourth-order valence-electron chi connectivity index (χ4n) is 2.26. The Balaban J connectivity index is 2.61. The first kappa shape index (κ1) is 15.5. The molecule has 0 heterocycles. The van der Waals surface area contributed by atoms with Crippen LogP contribution in [-0.2, 0) is 4.79 Å². The molecule has 0 aliphatic carbocycles. The first-order chi connectivity index (χ1) is 9.12. The van der Waals surface area contributed by atoms with E-state index in [1.165, 1.54) is 11.3 Å². The van der Waals surface area contributed by atoms with E-state index in [4.69, 9.17) is 0 Å². The van der Waals surface area contributed by atoms with Gasteiger partial charge in [0.25, 0.3) is 0 Å². The smallest absolute Gasteiger partial charge is 0.224 e. The first-order valence-electron chi connectivity index (χ1n) is 7.21. The molecule has 106 valence electrons. The third-order valence-corrected chi connectivity index (χ3v) is 3.46. The molecule has 0 aromatic heterocycles. The van der Waals surface area contributed by atoms with Gasteiger partial charge in [-0.2, -0.15) is 0 Å². The first-order valence-corrected chi connectivity index (χ1v) is 7.21. The van der Waals surface area contributed by atoms with Crippen molar-refractivity contribution in [1.82, 2.24) is 4.90 Å². The van der Waals surface area contributed by atoms with E-state index in [0.717, 1.165) is 26.2 Å². The van der Waals surface area contributed by atoms with E-state index < -0.39 is 0 Å². The van der Waals surface area contributed by atoms with Crippen molar-refractivity contribution in [1.29, 1.82) is 0 Å². The van der Waals surface area contributed by atoms with Crippen LogP contribution in [-0.4, -0.2) is 37.0 Å². The van der Waals surface area contributed by atoms with Crippen molar-refractivity contribution < 1.29 is 4.79 Å². The zero-order chi connectivity index (χ0) is 14.3. The molecule has 0 bridgehead atoms. The topological polar surface area (TPSA) is 23.6 Å². The predicted octanol–water partition coefficient (Wildman–Crippen LogP) is 3.08. The number of carbonyl (C=O) groups excluding carboxylic acids is 1. The average molecular weight is 262 g/mol. The molecule has 0 spiro atoms. The highest BCUT2D eigenvalue weighted by Gasteiger charge is 2.12. The molecule has 1 aromatic carbocycles. The summed E-state index contributed by atoms with van der Waals surface area (Å²) in [6, 6.07) is 8.45. The van der Waals surface area contributed by atoms with Crippen molar-refractivity contribution in [2.24, 2.45) is 0 Å². The van der Waals surface area contributed by atoms with E-state index in [9.17, 15) is 4.79 Å². The highest BCUT2D eigenvalue weighted by Crippen LogP contribution is 2.16. The number of nitrogens with zero attached hydrogens (tertiary/aromatic N) is 2. The van der Waals surface area contributed by atoms with Crippen molar-refractivity contribution in [2.45, 2.75) is 34.1 Å². The molecule has 0 atom stereocenters. The summed E-state index contributed by atoms with van der Waals surface area (Å²) in [5.74, 6) is 0.246. The molecule has 0 saturated heterocycles. The number of aryl methyl sites for hydroxylation is 1. The molecule has 0 radical (unpaired) electrons. The fourth-order valence-corrected chi connectivity index (χ4v) is 2.26. The fraction of sp³-hybridized carbons (Fsp3) is 0.562. The summed E-state index contributed by atoms with van der Waals surface area (Å²) in [4.78, 5) is 16.2. The molecular formula is C16H26N2O. The Morgan fingerprint density at radius 3 is 2.32 bits per heavy atom. The van der Waals surface area contributed by atoms with Crippen LogP contribution in [0.4, 0.5) is 5.69 Å². The van der Waals surface area contributed by atoms with Crippen LogP contribution in [0.25, 0.3) is 0 Å². The van der Waals surface area contributed by atoms with Crippen molar-refractivity contribution in [2.75, 3.05) is 31.1 Å². The molecule has 1 rings (SSSR count).